The molecule has 1 aromatic carbocycles. The monoisotopic (exact) mass is 270 g/mol. The van der Waals surface area contributed by atoms with Crippen molar-refractivity contribution in [3.63, 3.8) is 0 Å². The van der Waals surface area contributed by atoms with Gasteiger partial charge in [-0.2, -0.15) is 0 Å². The van der Waals surface area contributed by atoms with Crippen LogP contribution >= 0.6 is 0 Å². The minimum absolute atomic E-state index is 0.0178. The van der Waals surface area contributed by atoms with Crippen molar-refractivity contribution < 1.29 is 9.90 Å². The number of β-amino-alcohol motifs (C(OH)–C–C–N with tert-alkyl or cyclic N) is 1. The van der Waals surface area contributed by atoms with E-state index in [0.717, 1.165) is 23.7 Å². The fourth-order valence-electron chi connectivity index (χ4n) is 2.78. The Hall–Kier alpha value is -1.94. The summed E-state index contributed by atoms with van der Waals surface area (Å²) in [5, 5.41) is 11.1. The number of pyridine rings is 1. The highest BCUT2D eigenvalue weighted by molar-refractivity contribution is 5.98. The largest absolute Gasteiger partial charge is 0.388 e. The number of likely N-dealkylation sites (tertiary alicyclic amines) is 1. The highest BCUT2D eigenvalue weighted by atomic mass is 16.3. The lowest BCUT2D eigenvalue weighted by atomic mass is 9.94. The Morgan fingerprint density at radius 3 is 3.05 bits per heavy atom. The molecule has 0 saturated carbocycles. The number of rotatable bonds is 1. The van der Waals surface area contributed by atoms with E-state index >= 15 is 0 Å². The second kappa shape index (κ2) is 4.87. The normalized spacial score (nSPS) is 23.0. The molecule has 1 N–H and O–H groups in total. The van der Waals surface area contributed by atoms with Crippen LogP contribution in [0, 0.1) is 0 Å². The Kier molecular flexibility index (Phi) is 3.18. The Morgan fingerprint density at radius 2 is 2.25 bits per heavy atom. The molecule has 0 spiro atoms. The summed E-state index contributed by atoms with van der Waals surface area (Å²) in [6.45, 7) is 2.90. The van der Waals surface area contributed by atoms with Crippen LogP contribution in [0.5, 0.6) is 0 Å². The van der Waals surface area contributed by atoms with Gasteiger partial charge in [0.05, 0.1) is 11.1 Å². The minimum atomic E-state index is -0.772. The second-order valence-corrected chi connectivity index (χ2v) is 5.74. The lowest BCUT2D eigenvalue weighted by Crippen LogP contribution is -2.48. The summed E-state index contributed by atoms with van der Waals surface area (Å²) < 4.78 is 0. The summed E-state index contributed by atoms with van der Waals surface area (Å²) in [6, 6.07) is 9.35. The fourth-order valence-corrected chi connectivity index (χ4v) is 2.78. The molecule has 1 unspecified atom stereocenters. The molecule has 1 aromatic heterocycles. The quantitative estimate of drug-likeness (QED) is 0.864. The van der Waals surface area contributed by atoms with Gasteiger partial charge in [0.2, 0.25) is 0 Å². The molecule has 0 bridgehead atoms. The fraction of sp³-hybridized carbons (Fsp3) is 0.375. The molecular formula is C16H18N2O2. The van der Waals surface area contributed by atoms with Gasteiger partial charge in [-0.05, 0) is 44.0 Å². The zero-order valence-corrected chi connectivity index (χ0v) is 11.5. The van der Waals surface area contributed by atoms with Crippen molar-refractivity contribution in [3.8, 4) is 0 Å². The summed E-state index contributed by atoms with van der Waals surface area (Å²) in [7, 11) is 0. The molecule has 0 aliphatic carbocycles. The first-order valence-electron chi connectivity index (χ1n) is 6.92. The third-order valence-corrected chi connectivity index (χ3v) is 3.81. The van der Waals surface area contributed by atoms with Gasteiger partial charge >= 0.3 is 0 Å². The van der Waals surface area contributed by atoms with Crippen LogP contribution < -0.4 is 0 Å². The first-order chi connectivity index (χ1) is 9.55. The van der Waals surface area contributed by atoms with E-state index < -0.39 is 5.60 Å². The van der Waals surface area contributed by atoms with Crippen LogP contribution in [0.4, 0.5) is 0 Å². The molecule has 1 atom stereocenters. The van der Waals surface area contributed by atoms with Crippen LogP contribution in [0.1, 0.15) is 30.1 Å². The molecular weight excluding hydrogens is 252 g/mol. The minimum Gasteiger partial charge on any atom is -0.388 e. The van der Waals surface area contributed by atoms with Crippen molar-refractivity contribution in [3.05, 3.63) is 42.1 Å². The molecule has 20 heavy (non-hydrogen) atoms. The van der Waals surface area contributed by atoms with Crippen LogP contribution in [0.15, 0.2) is 36.5 Å². The maximum Gasteiger partial charge on any atom is 0.253 e. The number of aliphatic hydroxyl groups is 1. The van der Waals surface area contributed by atoms with E-state index in [1.54, 1.807) is 24.1 Å². The van der Waals surface area contributed by atoms with Crippen molar-refractivity contribution in [2.75, 3.05) is 13.1 Å². The van der Waals surface area contributed by atoms with Crippen molar-refractivity contribution >= 4 is 16.8 Å². The summed E-state index contributed by atoms with van der Waals surface area (Å²) >= 11 is 0. The SMILES string of the molecule is CC1(O)CCCN(C(=O)c2ccc3ncccc3c2)C1. The van der Waals surface area contributed by atoms with Crippen LogP contribution in [-0.2, 0) is 0 Å². The van der Waals surface area contributed by atoms with Gasteiger partial charge in [-0.25, -0.2) is 0 Å². The molecule has 1 aliphatic rings. The van der Waals surface area contributed by atoms with Gasteiger partial charge in [-0.3, -0.25) is 9.78 Å². The topological polar surface area (TPSA) is 53.4 Å². The summed E-state index contributed by atoms with van der Waals surface area (Å²) in [5.41, 5.74) is 0.768. The average molecular weight is 270 g/mol. The molecule has 3 rings (SSSR count). The number of benzene rings is 1. The van der Waals surface area contributed by atoms with Crippen molar-refractivity contribution in [1.29, 1.82) is 0 Å². The van der Waals surface area contributed by atoms with Crippen molar-refractivity contribution in [1.82, 2.24) is 9.88 Å². The van der Waals surface area contributed by atoms with E-state index in [2.05, 4.69) is 4.98 Å². The van der Waals surface area contributed by atoms with E-state index in [9.17, 15) is 9.90 Å². The van der Waals surface area contributed by atoms with Crippen LogP contribution in [-0.4, -0.2) is 39.6 Å². The van der Waals surface area contributed by atoms with E-state index in [1.165, 1.54) is 0 Å². The predicted octanol–water partition coefficient (Wildman–Crippen LogP) is 2.22. The van der Waals surface area contributed by atoms with Crippen molar-refractivity contribution in [2.45, 2.75) is 25.4 Å². The molecule has 2 heterocycles. The van der Waals surface area contributed by atoms with Gasteiger partial charge in [-0.15, -0.1) is 0 Å². The number of aromatic nitrogens is 1. The third-order valence-electron chi connectivity index (χ3n) is 3.81. The number of nitrogens with zero attached hydrogens (tertiary/aromatic N) is 2. The van der Waals surface area contributed by atoms with Gasteiger partial charge in [0, 0.05) is 30.2 Å². The Labute approximate surface area is 118 Å². The number of hydrogen-bond donors (Lipinski definition) is 1. The summed E-state index contributed by atoms with van der Waals surface area (Å²) in [4.78, 5) is 18.5. The zero-order valence-electron chi connectivity index (χ0n) is 11.5. The summed E-state index contributed by atoms with van der Waals surface area (Å²) in [6.07, 6.45) is 3.33. The first-order valence-corrected chi connectivity index (χ1v) is 6.92. The van der Waals surface area contributed by atoms with E-state index in [1.807, 2.05) is 24.3 Å². The van der Waals surface area contributed by atoms with Crippen molar-refractivity contribution in [2.24, 2.45) is 0 Å². The highest BCUT2D eigenvalue weighted by Gasteiger charge is 2.31. The lowest BCUT2D eigenvalue weighted by Gasteiger charge is -2.36. The predicted molar refractivity (Wildman–Crippen MR) is 77.5 cm³/mol. The maximum absolute atomic E-state index is 12.5. The molecule has 0 radical (unpaired) electrons. The number of carbonyl (C=O) groups is 1. The van der Waals surface area contributed by atoms with Gasteiger partial charge < -0.3 is 10.0 Å². The second-order valence-electron chi connectivity index (χ2n) is 5.74. The molecule has 104 valence electrons. The molecule has 4 nitrogen and oxygen atoms in total. The molecule has 2 aromatic rings. The van der Waals surface area contributed by atoms with Crippen LogP contribution in [0.25, 0.3) is 10.9 Å². The van der Waals surface area contributed by atoms with Crippen LogP contribution in [0.3, 0.4) is 0 Å². The Morgan fingerprint density at radius 1 is 1.40 bits per heavy atom. The molecule has 1 aliphatic heterocycles. The highest BCUT2D eigenvalue weighted by Crippen LogP contribution is 2.22. The van der Waals surface area contributed by atoms with Gasteiger partial charge in [-0.1, -0.05) is 6.07 Å². The van der Waals surface area contributed by atoms with Crippen LogP contribution in [0.2, 0.25) is 0 Å². The third kappa shape index (κ3) is 2.51. The average Bonchev–Trinajstić information content (AvgIpc) is 2.45. The van der Waals surface area contributed by atoms with E-state index in [-0.39, 0.29) is 5.91 Å². The maximum atomic E-state index is 12.5. The first kappa shape index (κ1) is 13.1. The van der Waals surface area contributed by atoms with E-state index in [0.29, 0.717) is 18.7 Å². The molecule has 4 heteroatoms. The Bertz CT molecular complexity index is 652. The Balaban J connectivity index is 1.88. The number of piperidine rings is 1. The smallest absolute Gasteiger partial charge is 0.253 e. The number of amides is 1. The van der Waals surface area contributed by atoms with Gasteiger partial charge in [0.15, 0.2) is 0 Å². The van der Waals surface area contributed by atoms with E-state index in [4.69, 9.17) is 0 Å². The number of carbonyl (C=O) groups excluding carboxylic acids is 1. The number of fused-ring (bicyclic) bond motifs is 1. The number of hydrogen-bond acceptors (Lipinski definition) is 3. The molecule has 1 saturated heterocycles. The lowest BCUT2D eigenvalue weighted by molar-refractivity contribution is -0.0107. The zero-order chi connectivity index (χ0) is 14.2. The summed E-state index contributed by atoms with van der Waals surface area (Å²) in [5.74, 6) is -0.0178. The van der Waals surface area contributed by atoms with Gasteiger partial charge in [0.1, 0.15) is 0 Å². The van der Waals surface area contributed by atoms with Gasteiger partial charge in [0.25, 0.3) is 5.91 Å². The molecule has 1 amide bonds. The standard InChI is InChI=1S/C16H18N2O2/c1-16(20)7-3-9-18(11-16)15(19)13-5-6-14-12(10-13)4-2-8-17-14/h2,4-6,8,10,20H,3,7,9,11H2,1H3. The molecule has 1 fully saturated rings.